The van der Waals surface area contributed by atoms with Crippen LogP contribution in [0.5, 0.6) is 0 Å². The second kappa shape index (κ2) is 7.84. The molecule has 1 rings (SSSR count). The maximum absolute atomic E-state index is 11.7. The minimum absolute atomic E-state index is 0.206. The van der Waals surface area contributed by atoms with E-state index in [4.69, 9.17) is 10.3 Å². The first-order valence-corrected chi connectivity index (χ1v) is 6.85. The number of rotatable bonds is 6. The molecular weight excluding hydrogens is 262 g/mol. The number of carboxylic acids is 1. The number of carbonyl (C=O) groups is 2. The first kappa shape index (κ1) is 16.4. The van der Waals surface area contributed by atoms with Gasteiger partial charge in [0.15, 0.2) is 0 Å². The van der Waals surface area contributed by atoms with E-state index in [9.17, 15) is 9.59 Å². The molecule has 3 atom stereocenters. The molecule has 0 radical (unpaired) electrons. The number of aliphatic imine (C=N–C) groups is 1. The number of amides is 1. The fourth-order valence-corrected chi connectivity index (χ4v) is 2.46. The molecule has 1 fully saturated rings. The number of hydrogen-bond acceptors (Lipinski definition) is 4. The van der Waals surface area contributed by atoms with Crippen LogP contribution in [0.2, 0.25) is 0 Å². The molecule has 20 heavy (non-hydrogen) atoms. The van der Waals surface area contributed by atoms with E-state index in [0.717, 1.165) is 19.3 Å². The van der Waals surface area contributed by atoms with Gasteiger partial charge in [-0.15, -0.1) is 0 Å². The monoisotopic (exact) mass is 285 g/mol. The van der Waals surface area contributed by atoms with Crippen LogP contribution in [0.25, 0.3) is 0 Å². The summed E-state index contributed by atoms with van der Waals surface area (Å²) in [6.07, 6.45) is 3.25. The third kappa shape index (κ3) is 5.56. The fraction of sp³-hybridized carbons (Fsp3) is 0.769. The highest BCUT2D eigenvalue weighted by Gasteiger charge is 2.27. The van der Waals surface area contributed by atoms with Crippen molar-refractivity contribution in [3.05, 3.63) is 0 Å². The summed E-state index contributed by atoms with van der Waals surface area (Å²) in [5.41, 5.74) is 1.99. The third-order valence-corrected chi connectivity index (χ3v) is 3.62. The molecule has 0 saturated heterocycles. The Balaban J connectivity index is 2.30. The van der Waals surface area contributed by atoms with Crippen LogP contribution in [0, 0.1) is 11.8 Å². The van der Waals surface area contributed by atoms with Crippen molar-refractivity contribution in [2.75, 3.05) is 6.54 Å². The van der Waals surface area contributed by atoms with E-state index >= 15 is 0 Å². The molecule has 1 aliphatic rings. The Morgan fingerprint density at radius 2 is 2.00 bits per heavy atom. The lowest BCUT2D eigenvalue weighted by Gasteiger charge is -2.13. The summed E-state index contributed by atoms with van der Waals surface area (Å²) in [6, 6.07) is -0.845. The maximum Gasteiger partial charge on any atom is 0.325 e. The number of carbonyl (C=O) groups excluding carboxylic acids is 1. The van der Waals surface area contributed by atoms with Gasteiger partial charge in [-0.1, -0.05) is 0 Å². The molecule has 0 aromatic rings. The van der Waals surface area contributed by atoms with Crippen LogP contribution in [0.1, 0.15) is 39.5 Å². The highest BCUT2D eigenvalue weighted by molar-refractivity contribution is 5.83. The molecule has 114 valence electrons. The van der Waals surface area contributed by atoms with Crippen LogP contribution < -0.4 is 10.8 Å². The smallest absolute Gasteiger partial charge is 0.325 e. The number of hydroxylamine groups is 1. The Labute approximate surface area is 118 Å². The molecule has 1 amide bonds. The minimum Gasteiger partial charge on any atom is -0.480 e. The summed E-state index contributed by atoms with van der Waals surface area (Å²) in [6.45, 7) is 3.78. The van der Waals surface area contributed by atoms with Gasteiger partial charge < -0.3 is 10.4 Å². The quantitative estimate of drug-likeness (QED) is 0.327. The minimum atomic E-state index is -1.02. The first-order chi connectivity index (χ1) is 9.42. The summed E-state index contributed by atoms with van der Waals surface area (Å²) in [5, 5.41) is 19.8. The molecule has 3 unspecified atom stereocenters. The van der Waals surface area contributed by atoms with Crippen molar-refractivity contribution >= 4 is 17.7 Å². The van der Waals surface area contributed by atoms with Crippen molar-refractivity contribution < 1.29 is 19.9 Å². The highest BCUT2D eigenvalue weighted by Crippen LogP contribution is 2.33. The topological polar surface area (TPSA) is 111 Å². The number of hydrogen-bond donors (Lipinski definition) is 4. The molecule has 7 nitrogen and oxygen atoms in total. The Morgan fingerprint density at radius 3 is 2.60 bits per heavy atom. The van der Waals surface area contributed by atoms with Crippen LogP contribution in [0.3, 0.4) is 0 Å². The molecule has 0 heterocycles. The van der Waals surface area contributed by atoms with Crippen molar-refractivity contribution in [2.24, 2.45) is 16.8 Å². The Bertz CT molecular complexity index is 384. The maximum atomic E-state index is 11.7. The standard InChI is InChI=1S/C13H23N3O4/c1-8(13(18)19)15-12(17)6-10-3-4-11(5-10)7-14-9(2)16-20/h8,10-11,20H,3-7H2,1-2H3,(H,14,16)(H,15,17)(H,18,19). The SMILES string of the molecule is CC(=NCC1CCC(CC(=O)NC(C)C(=O)O)C1)NO. The molecule has 0 aromatic heterocycles. The second-order valence-electron chi connectivity index (χ2n) is 5.41. The fourth-order valence-electron chi connectivity index (χ4n) is 2.46. The third-order valence-electron chi connectivity index (χ3n) is 3.62. The van der Waals surface area contributed by atoms with E-state index < -0.39 is 12.0 Å². The Kier molecular flexibility index (Phi) is 6.44. The Hall–Kier alpha value is -1.63. The van der Waals surface area contributed by atoms with Gasteiger partial charge in [-0.2, -0.15) is 0 Å². The van der Waals surface area contributed by atoms with Crippen molar-refractivity contribution in [1.29, 1.82) is 0 Å². The van der Waals surface area contributed by atoms with E-state index in [0.29, 0.717) is 30.6 Å². The van der Waals surface area contributed by atoms with Gasteiger partial charge in [0, 0.05) is 13.0 Å². The Morgan fingerprint density at radius 1 is 1.35 bits per heavy atom. The van der Waals surface area contributed by atoms with E-state index in [1.54, 1.807) is 6.92 Å². The first-order valence-electron chi connectivity index (χ1n) is 6.85. The zero-order valence-electron chi connectivity index (χ0n) is 11.9. The second-order valence-corrected chi connectivity index (χ2v) is 5.41. The predicted octanol–water partition coefficient (Wildman–Crippen LogP) is 0.779. The molecule has 0 aromatic carbocycles. The van der Waals surface area contributed by atoms with E-state index in [-0.39, 0.29) is 5.91 Å². The molecule has 0 bridgehead atoms. The zero-order chi connectivity index (χ0) is 15.1. The summed E-state index contributed by atoms with van der Waals surface area (Å²) in [7, 11) is 0. The van der Waals surface area contributed by atoms with E-state index in [1.165, 1.54) is 6.92 Å². The number of carboxylic acid groups (broad SMARTS) is 1. The zero-order valence-corrected chi connectivity index (χ0v) is 11.9. The lowest BCUT2D eigenvalue weighted by molar-refractivity contribution is -0.141. The van der Waals surface area contributed by atoms with E-state index in [2.05, 4.69) is 10.3 Å². The molecule has 1 saturated carbocycles. The van der Waals surface area contributed by atoms with Gasteiger partial charge >= 0.3 is 5.97 Å². The predicted molar refractivity (Wildman–Crippen MR) is 73.6 cm³/mol. The molecule has 7 heteroatoms. The van der Waals surface area contributed by atoms with Crippen LogP contribution >= 0.6 is 0 Å². The number of amidine groups is 1. The van der Waals surface area contributed by atoms with Gasteiger partial charge in [0.25, 0.3) is 0 Å². The molecule has 0 aliphatic heterocycles. The largest absolute Gasteiger partial charge is 0.480 e. The van der Waals surface area contributed by atoms with Gasteiger partial charge in [0.05, 0.1) is 0 Å². The lowest BCUT2D eigenvalue weighted by atomic mass is 10.0. The highest BCUT2D eigenvalue weighted by atomic mass is 16.5. The molecule has 0 spiro atoms. The summed E-state index contributed by atoms with van der Waals surface area (Å²) in [5.74, 6) is -0.0284. The van der Waals surface area contributed by atoms with Crippen molar-refractivity contribution in [3.63, 3.8) is 0 Å². The van der Waals surface area contributed by atoms with Gasteiger partial charge in [-0.3, -0.25) is 25.3 Å². The molecular formula is C13H23N3O4. The van der Waals surface area contributed by atoms with Gasteiger partial charge in [-0.05, 0) is 44.9 Å². The van der Waals surface area contributed by atoms with Gasteiger partial charge in [0.2, 0.25) is 5.91 Å². The van der Waals surface area contributed by atoms with Crippen LogP contribution in [0.4, 0.5) is 0 Å². The van der Waals surface area contributed by atoms with Gasteiger partial charge in [0.1, 0.15) is 11.9 Å². The summed E-state index contributed by atoms with van der Waals surface area (Å²) >= 11 is 0. The number of aliphatic carboxylic acids is 1. The van der Waals surface area contributed by atoms with Crippen molar-refractivity contribution in [1.82, 2.24) is 10.8 Å². The summed E-state index contributed by atoms with van der Waals surface area (Å²) < 4.78 is 0. The average Bonchev–Trinajstić information content (AvgIpc) is 2.83. The summed E-state index contributed by atoms with van der Waals surface area (Å²) in [4.78, 5) is 26.5. The molecule has 4 N–H and O–H groups in total. The normalized spacial score (nSPS) is 24.2. The van der Waals surface area contributed by atoms with Crippen LogP contribution in [-0.2, 0) is 9.59 Å². The van der Waals surface area contributed by atoms with Crippen molar-refractivity contribution in [3.8, 4) is 0 Å². The number of nitrogens with zero attached hydrogens (tertiary/aromatic N) is 1. The van der Waals surface area contributed by atoms with Crippen LogP contribution in [0.15, 0.2) is 4.99 Å². The number of nitrogens with one attached hydrogen (secondary N) is 2. The van der Waals surface area contributed by atoms with Crippen molar-refractivity contribution in [2.45, 2.75) is 45.6 Å². The van der Waals surface area contributed by atoms with E-state index in [1.807, 2.05) is 5.48 Å². The van der Waals surface area contributed by atoms with Crippen LogP contribution in [-0.4, -0.2) is 40.6 Å². The van der Waals surface area contributed by atoms with Gasteiger partial charge in [-0.25, -0.2) is 0 Å². The lowest BCUT2D eigenvalue weighted by Crippen LogP contribution is -2.38. The average molecular weight is 285 g/mol. The molecule has 1 aliphatic carbocycles.